The number of hydrogen-bond acceptors (Lipinski definition) is 6. The predicted octanol–water partition coefficient (Wildman–Crippen LogP) is 1.30. The molecule has 0 aliphatic carbocycles. The fraction of sp³-hybridized carbons (Fsp3) is 0.200. The highest BCUT2D eigenvalue weighted by Gasteiger charge is 2.31. The molecule has 2 rings (SSSR count). The minimum atomic E-state index is -4.11. The molecule has 2 heterocycles. The molecular formula is C10H10Cl2N4O4S2. The molecule has 0 saturated carbocycles. The molecule has 0 radical (unpaired) electrons. The lowest BCUT2D eigenvalue weighted by Crippen LogP contribution is -2.36. The molecular weight excluding hydrogens is 375 g/mol. The van der Waals surface area contributed by atoms with Crippen molar-refractivity contribution in [3.05, 3.63) is 34.6 Å². The van der Waals surface area contributed by atoms with Crippen molar-refractivity contribution in [2.24, 2.45) is 0 Å². The van der Waals surface area contributed by atoms with E-state index in [1.807, 2.05) is 0 Å². The topological polar surface area (TPSA) is 102 Å². The minimum Gasteiger partial charge on any atom is -0.234 e. The Morgan fingerprint density at radius 2 is 1.73 bits per heavy atom. The van der Waals surface area contributed by atoms with Gasteiger partial charge in [0.25, 0.3) is 0 Å². The zero-order chi connectivity index (χ0) is 16.7. The van der Waals surface area contributed by atoms with Gasteiger partial charge in [-0.05, 0) is 6.07 Å². The largest absolute Gasteiger partial charge is 0.246 e. The maximum Gasteiger partial charge on any atom is 0.246 e. The zero-order valence-corrected chi connectivity index (χ0v) is 14.4. The predicted molar refractivity (Wildman–Crippen MR) is 83.5 cm³/mol. The number of anilines is 1. The third-order valence-electron chi connectivity index (χ3n) is 2.40. The van der Waals surface area contributed by atoms with E-state index in [0.717, 1.165) is 17.2 Å². The van der Waals surface area contributed by atoms with Gasteiger partial charge in [0.05, 0.1) is 28.8 Å². The van der Waals surface area contributed by atoms with Crippen LogP contribution < -0.4 is 3.71 Å². The summed E-state index contributed by atoms with van der Waals surface area (Å²) < 4.78 is 48.6. The zero-order valence-electron chi connectivity index (χ0n) is 11.3. The summed E-state index contributed by atoms with van der Waals surface area (Å²) in [5.41, 5.74) is 0. The molecule has 120 valence electrons. The van der Waals surface area contributed by atoms with Gasteiger partial charge in [-0.3, -0.25) is 0 Å². The molecule has 0 bridgehead atoms. The standard InChI is InChI=1S/C10H10Cl2N4O4S2/c1-21(17,18)16(22(2,19)20)9-3-4-14-15(9)10-8(12)5-7(11)6-13-10/h3-6H,1-2H3. The van der Waals surface area contributed by atoms with Gasteiger partial charge in [0.1, 0.15) is 0 Å². The number of pyridine rings is 1. The van der Waals surface area contributed by atoms with E-state index >= 15 is 0 Å². The Morgan fingerprint density at radius 1 is 1.14 bits per heavy atom. The molecule has 0 unspecified atom stereocenters. The molecule has 0 fully saturated rings. The summed E-state index contributed by atoms with van der Waals surface area (Å²) >= 11 is 11.7. The Kier molecular flexibility index (Phi) is 4.39. The quantitative estimate of drug-likeness (QED) is 0.786. The van der Waals surface area contributed by atoms with Gasteiger partial charge < -0.3 is 0 Å². The average molecular weight is 385 g/mol. The number of aromatic nitrogens is 3. The summed E-state index contributed by atoms with van der Waals surface area (Å²) in [7, 11) is -8.22. The second-order valence-electron chi connectivity index (χ2n) is 4.28. The molecule has 0 aliphatic heterocycles. The lowest BCUT2D eigenvalue weighted by atomic mass is 10.4. The van der Waals surface area contributed by atoms with E-state index in [2.05, 4.69) is 10.1 Å². The first-order valence-electron chi connectivity index (χ1n) is 5.58. The van der Waals surface area contributed by atoms with Gasteiger partial charge in [0, 0.05) is 12.3 Å². The van der Waals surface area contributed by atoms with Crippen molar-refractivity contribution in [1.29, 1.82) is 0 Å². The lowest BCUT2D eigenvalue weighted by molar-refractivity contribution is 0.589. The van der Waals surface area contributed by atoms with Gasteiger partial charge in [-0.1, -0.05) is 23.2 Å². The van der Waals surface area contributed by atoms with Gasteiger partial charge in [0.2, 0.25) is 20.0 Å². The summed E-state index contributed by atoms with van der Waals surface area (Å²) in [6.07, 6.45) is 4.04. The molecule has 0 spiro atoms. The van der Waals surface area contributed by atoms with Gasteiger partial charge in [-0.2, -0.15) is 9.78 Å². The van der Waals surface area contributed by atoms with Crippen LogP contribution in [0, 0.1) is 0 Å². The summed E-state index contributed by atoms with van der Waals surface area (Å²) in [6.45, 7) is 0. The van der Waals surface area contributed by atoms with E-state index in [4.69, 9.17) is 23.2 Å². The van der Waals surface area contributed by atoms with Crippen molar-refractivity contribution in [2.45, 2.75) is 0 Å². The molecule has 0 atom stereocenters. The van der Waals surface area contributed by atoms with Gasteiger partial charge >= 0.3 is 0 Å². The number of rotatable bonds is 4. The van der Waals surface area contributed by atoms with Crippen LogP contribution in [0.5, 0.6) is 0 Å². The maximum absolute atomic E-state index is 11.8. The number of sulfonamides is 2. The molecule has 2 aromatic rings. The highest BCUT2D eigenvalue weighted by molar-refractivity contribution is 8.09. The van der Waals surface area contributed by atoms with Crippen LogP contribution in [0.1, 0.15) is 0 Å². The smallest absolute Gasteiger partial charge is 0.234 e. The Hall–Kier alpha value is -1.36. The lowest BCUT2D eigenvalue weighted by Gasteiger charge is -2.20. The highest BCUT2D eigenvalue weighted by Crippen LogP contribution is 2.27. The van der Waals surface area contributed by atoms with Crippen LogP contribution in [0.4, 0.5) is 5.82 Å². The average Bonchev–Trinajstić information content (AvgIpc) is 2.73. The molecule has 0 saturated heterocycles. The van der Waals surface area contributed by atoms with Crippen LogP contribution in [0.3, 0.4) is 0 Å². The van der Waals surface area contributed by atoms with Crippen molar-refractivity contribution in [3.8, 4) is 5.82 Å². The Balaban J connectivity index is 2.72. The Bertz CT molecular complexity index is 892. The second kappa shape index (κ2) is 5.69. The van der Waals surface area contributed by atoms with Gasteiger partial charge in [-0.15, -0.1) is 3.71 Å². The SMILES string of the molecule is CS(=O)(=O)N(c1ccnn1-c1ncc(Cl)cc1Cl)S(C)(=O)=O. The Morgan fingerprint density at radius 3 is 2.23 bits per heavy atom. The van der Waals surface area contributed by atoms with E-state index in [1.54, 1.807) is 0 Å². The molecule has 12 heteroatoms. The third-order valence-corrected chi connectivity index (χ3v) is 6.09. The summed E-state index contributed by atoms with van der Waals surface area (Å²) in [6, 6.07) is 2.59. The molecule has 0 N–H and O–H groups in total. The van der Waals surface area contributed by atoms with E-state index in [1.165, 1.54) is 24.5 Å². The van der Waals surface area contributed by atoms with Gasteiger partial charge in [0.15, 0.2) is 11.6 Å². The van der Waals surface area contributed by atoms with Crippen LogP contribution in [0.15, 0.2) is 24.5 Å². The van der Waals surface area contributed by atoms with Crippen molar-refractivity contribution in [2.75, 3.05) is 16.2 Å². The van der Waals surface area contributed by atoms with Crippen LogP contribution in [-0.4, -0.2) is 44.1 Å². The van der Waals surface area contributed by atoms with Crippen LogP contribution >= 0.6 is 23.2 Å². The highest BCUT2D eigenvalue weighted by atomic mass is 35.5. The maximum atomic E-state index is 11.8. The number of hydrogen-bond donors (Lipinski definition) is 0. The summed E-state index contributed by atoms with van der Waals surface area (Å²) in [5, 5.41) is 4.23. The molecule has 0 amide bonds. The molecule has 8 nitrogen and oxygen atoms in total. The first kappa shape index (κ1) is 17.0. The van der Waals surface area contributed by atoms with E-state index < -0.39 is 20.0 Å². The molecule has 22 heavy (non-hydrogen) atoms. The van der Waals surface area contributed by atoms with Crippen molar-refractivity contribution in [3.63, 3.8) is 0 Å². The van der Waals surface area contributed by atoms with Gasteiger partial charge in [-0.25, -0.2) is 21.8 Å². The van der Waals surface area contributed by atoms with Crippen molar-refractivity contribution in [1.82, 2.24) is 14.8 Å². The number of nitrogens with zero attached hydrogens (tertiary/aromatic N) is 4. The van der Waals surface area contributed by atoms with Crippen molar-refractivity contribution >= 4 is 49.1 Å². The first-order chi connectivity index (χ1) is 10.0. The van der Waals surface area contributed by atoms with Crippen LogP contribution in [0.25, 0.3) is 5.82 Å². The first-order valence-corrected chi connectivity index (χ1v) is 10.0. The van der Waals surface area contributed by atoms with Crippen molar-refractivity contribution < 1.29 is 16.8 Å². The normalized spacial score (nSPS) is 12.4. The minimum absolute atomic E-state index is 0.0448. The van der Waals surface area contributed by atoms with Crippen LogP contribution in [-0.2, 0) is 20.0 Å². The van der Waals surface area contributed by atoms with E-state index in [0.29, 0.717) is 0 Å². The third kappa shape index (κ3) is 3.35. The molecule has 0 aromatic carbocycles. The molecule has 0 aliphatic rings. The van der Waals surface area contributed by atoms with Crippen LogP contribution in [0.2, 0.25) is 10.0 Å². The van der Waals surface area contributed by atoms with E-state index in [-0.39, 0.29) is 25.4 Å². The monoisotopic (exact) mass is 384 g/mol. The number of halogens is 2. The fourth-order valence-corrected chi connectivity index (χ4v) is 5.13. The second-order valence-corrected chi connectivity index (χ2v) is 9.02. The molecule has 2 aromatic heterocycles. The Labute approximate surface area is 137 Å². The summed E-state index contributed by atoms with van der Waals surface area (Å²) in [5.74, 6) is -0.190. The fourth-order valence-electron chi connectivity index (χ4n) is 1.75. The van der Waals surface area contributed by atoms with E-state index in [9.17, 15) is 16.8 Å². The summed E-state index contributed by atoms with van der Waals surface area (Å²) in [4.78, 5) is 3.95.